The first-order chi connectivity index (χ1) is 11.1. The Morgan fingerprint density at radius 3 is 2.04 bits per heavy atom. The molecule has 0 N–H and O–H groups in total. The molecule has 3 unspecified atom stereocenters. The summed E-state index contributed by atoms with van der Waals surface area (Å²) in [6.07, 6.45) is 2.35. The van der Waals surface area contributed by atoms with Crippen LogP contribution in [0.3, 0.4) is 0 Å². The van der Waals surface area contributed by atoms with Crippen LogP contribution in [0.25, 0.3) is 0 Å². The molecule has 2 rings (SSSR count). The van der Waals surface area contributed by atoms with E-state index in [4.69, 9.17) is 0 Å². The van der Waals surface area contributed by atoms with Crippen molar-refractivity contribution < 1.29 is 16.8 Å². The number of sulfone groups is 2. The summed E-state index contributed by atoms with van der Waals surface area (Å²) in [5.41, 5.74) is 0. The molecule has 0 radical (unpaired) electrons. The topological polar surface area (TPSA) is 74.8 Å². The van der Waals surface area contributed by atoms with E-state index in [9.17, 15) is 16.8 Å². The monoisotopic (exact) mass is 380 g/mol. The summed E-state index contributed by atoms with van der Waals surface area (Å²) in [6, 6.07) is 0.322. The van der Waals surface area contributed by atoms with Crippen LogP contribution < -0.4 is 0 Å². The molecule has 0 bridgehead atoms. The van der Waals surface area contributed by atoms with E-state index in [0.29, 0.717) is 32.0 Å². The lowest BCUT2D eigenvalue weighted by molar-refractivity contribution is 0.185. The summed E-state index contributed by atoms with van der Waals surface area (Å²) in [5.74, 6) is 0.500. The minimum atomic E-state index is -2.94. The Labute approximate surface area is 147 Å². The first kappa shape index (κ1) is 20.1. The summed E-state index contributed by atoms with van der Waals surface area (Å²) in [7, 11) is -5.88. The van der Waals surface area contributed by atoms with Gasteiger partial charge in [-0.1, -0.05) is 0 Å². The van der Waals surface area contributed by atoms with E-state index in [1.165, 1.54) is 0 Å². The Morgan fingerprint density at radius 2 is 1.42 bits per heavy atom. The van der Waals surface area contributed by atoms with Gasteiger partial charge in [-0.3, -0.25) is 4.90 Å². The molecule has 2 saturated heterocycles. The van der Waals surface area contributed by atoms with Gasteiger partial charge in [-0.05, 0) is 59.7 Å². The minimum absolute atomic E-state index is 0.239. The van der Waals surface area contributed by atoms with Crippen molar-refractivity contribution >= 4 is 19.7 Å². The van der Waals surface area contributed by atoms with Crippen molar-refractivity contribution in [2.45, 2.75) is 56.6 Å². The molecule has 0 amide bonds. The van der Waals surface area contributed by atoms with Crippen molar-refractivity contribution in [3.8, 4) is 0 Å². The SMILES string of the molecule is CC(CCN1CCC(C)S(=O)(=O)CC1)N1CCC(C)S(=O)(=O)CC1. The van der Waals surface area contributed by atoms with Crippen molar-refractivity contribution in [2.75, 3.05) is 44.2 Å². The van der Waals surface area contributed by atoms with Gasteiger partial charge in [-0.2, -0.15) is 0 Å². The van der Waals surface area contributed by atoms with E-state index in [-0.39, 0.29) is 22.0 Å². The van der Waals surface area contributed by atoms with E-state index in [1.54, 1.807) is 6.92 Å². The van der Waals surface area contributed by atoms with Gasteiger partial charge in [0.25, 0.3) is 0 Å². The summed E-state index contributed by atoms with van der Waals surface area (Å²) in [5, 5.41) is -0.482. The highest BCUT2D eigenvalue weighted by atomic mass is 32.2. The Bertz CT molecular complexity index is 618. The van der Waals surface area contributed by atoms with Crippen molar-refractivity contribution in [2.24, 2.45) is 0 Å². The van der Waals surface area contributed by atoms with Gasteiger partial charge in [0.1, 0.15) is 0 Å². The molecule has 6 nitrogen and oxygen atoms in total. The fourth-order valence-electron chi connectivity index (χ4n) is 3.41. The molecular formula is C16H32N2O4S2. The molecule has 0 saturated carbocycles. The number of rotatable bonds is 4. The van der Waals surface area contributed by atoms with E-state index >= 15 is 0 Å². The summed E-state index contributed by atoms with van der Waals surface area (Å²) in [4.78, 5) is 4.52. The lowest BCUT2D eigenvalue weighted by atomic mass is 10.1. The second kappa shape index (κ2) is 8.01. The third-order valence-corrected chi connectivity index (χ3v) is 10.2. The van der Waals surface area contributed by atoms with Crippen molar-refractivity contribution in [3.63, 3.8) is 0 Å². The summed E-state index contributed by atoms with van der Waals surface area (Å²) >= 11 is 0. The normalized spacial score (nSPS) is 33.5. The lowest BCUT2D eigenvalue weighted by Crippen LogP contribution is -2.38. The fraction of sp³-hybridized carbons (Fsp3) is 1.00. The van der Waals surface area contributed by atoms with Gasteiger partial charge < -0.3 is 4.90 Å². The van der Waals surface area contributed by atoms with E-state index in [1.807, 2.05) is 6.92 Å². The van der Waals surface area contributed by atoms with Gasteiger partial charge in [0.05, 0.1) is 22.0 Å². The van der Waals surface area contributed by atoms with Gasteiger partial charge in [-0.15, -0.1) is 0 Å². The molecule has 2 aliphatic rings. The lowest BCUT2D eigenvalue weighted by Gasteiger charge is -2.29. The molecular weight excluding hydrogens is 348 g/mol. The zero-order valence-corrected chi connectivity index (χ0v) is 16.8. The zero-order valence-electron chi connectivity index (χ0n) is 15.1. The maximum Gasteiger partial charge on any atom is 0.154 e. The molecule has 2 aliphatic heterocycles. The van der Waals surface area contributed by atoms with Gasteiger partial charge in [0.15, 0.2) is 19.7 Å². The first-order valence-electron chi connectivity index (χ1n) is 9.01. The fourth-order valence-corrected chi connectivity index (χ4v) is 6.15. The van der Waals surface area contributed by atoms with Crippen molar-refractivity contribution in [1.29, 1.82) is 0 Å². The van der Waals surface area contributed by atoms with E-state index in [0.717, 1.165) is 26.1 Å². The Hall–Kier alpha value is -0.180. The van der Waals surface area contributed by atoms with Crippen LogP contribution in [0.2, 0.25) is 0 Å². The van der Waals surface area contributed by atoms with Crippen molar-refractivity contribution in [3.05, 3.63) is 0 Å². The second-order valence-electron chi connectivity index (χ2n) is 7.45. The maximum atomic E-state index is 12.0. The van der Waals surface area contributed by atoms with Crippen LogP contribution in [0, 0.1) is 0 Å². The molecule has 8 heteroatoms. The molecule has 0 aliphatic carbocycles. The standard InChI is InChI=1S/C16H32N2O4S2/c1-14(18-9-6-16(3)24(21,22)13-11-18)4-7-17-8-5-15(2)23(19,20)12-10-17/h14-16H,4-13H2,1-3H3. The van der Waals surface area contributed by atoms with E-state index < -0.39 is 19.7 Å². The second-order valence-corrected chi connectivity index (χ2v) is 12.5. The Morgan fingerprint density at radius 1 is 0.875 bits per heavy atom. The van der Waals surface area contributed by atoms with Crippen molar-refractivity contribution in [1.82, 2.24) is 9.80 Å². The molecule has 3 atom stereocenters. The predicted molar refractivity (Wildman–Crippen MR) is 97.8 cm³/mol. The van der Waals surface area contributed by atoms with Crippen LogP contribution in [-0.4, -0.2) is 87.4 Å². The highest BCUT2D eigenvalue weighted by molar-refractivity contribution is 7.92. The zero-order chi connectivity index (χ0) is 18.0. The molecule has 0 aromatic heterocycles. The van der Waals surface area contributed by atoms with Crippen LogP contribution in [-0.2, 0) is 19.7 Å². The average Bonchev–Trinajstić information content (AvgIpc) is 2.73. The van der Waals surface area contributed by atoms with Gasteiger partial charge in [-0.25, -0.2) is 16.8 Å². The Kier molecular flexibility index (Phi) is 6.72. The van der Waals surface area contributed by atoms with Crippen LogP contribution in [0.15, 0.2) is 0 Å². The quantitative estimate of drug-likeness (QED) is 0.718. The molecule has 2 heterocycles. The number of hydrogen-bond acceptors (Lipinski definition) is 6. The summed E-state index contributed by atoms with van der Waals surface area (Å²) < 4.78 is 48.0. The molecule has 0 spiro atoms. The number of nitrogens with zero attached hydrogens (tertiary/aromatic N) is 2. The third kappa shape index (κ3) is 5.16. The largest absolute Gasteiger partial charge is 0.302 e. The third-order valence-electron chi connectivity index (χ3n) is 5.74. The average molecular weight is 381 g/mol. The molecule has 24 heavy (non-hydrogen) atoms. The molecule has 2 fully saturated rings. The first-order valence-corrected chi connectivity index (χ1v) is 12.4. The highest BCUT2D eigenvalue weighted by Gasteiger charge is 2.29. The minimum Gasteiger partial charge on any atom is -0.302 e. The predicted octanol–water partition coefficient (Wildman–Crippen LogP) is 0.783. The van der Waals surface area contributed by atoms with Crippen LogP contribution >= 0.6 is 0 Å². The molecule has 0 aromatic carbocycles. The maximum absolute atomic E-state index is 12.0. The van der Waals surface area contributed by atoms with E-state index in [2.05, 4.69) is 16.7 Å². The van der Waals surface area contributed by atoms with Crippen LogP contribution in [0.4, 0.5) is 0 Å². The van der Waals surface area contributed by atoms with Gasteiger partial charge in [0.2, 0.25) is 0 Å². The number of hydrogen-bond donors (Lipinski definition) is 0. The van der Waals surface area contributed by atoms with Gasteiger partial charge >= 0.3 is 0 Å². The molecule has 142 valence electrons. The highest BCUT2D eigenvalue weighted by Crippen LogP contribution is 2.18. The smallest absolute Gasteiger partial charge is 0.154 e. The molecule has 0 aromatic rings. The van der Waals surface area contributed by atoms with Crippen LogP contribution in [0.5, 0.6) is 0 Å². The van der Waals surface area contributed by atoms with Crippen LogP contribution in [0.1, 0.15) is 40.0 Å². The Balaban J connectivity index is 1.84. The summed E-state index contributed by atoms with van der Waals surface area (Å²) in [6.45, 7) is 9.53. The van der Waals surface area contributed by atoms with Gasteiger partial charge in [0, 0.05) is 19.1 Å².